The fourth-order valence-electron chi connectivity index (χ4n) is 1.58. The number of benzene rings is 1. The maximum atomic E-state index is 10.8. The van der Waals surface area contributed by atoms with Crippen LogP contribution in [0.4, 0.5) is 0 Å². The van der Waals surface area contributed by atoms with Gasteiger partial charge < -0.3 is 4.74 Å². The third-order valence-electron chi connectivity index (χ3n) is 2.39. The van der Waals surface area contributed by atoms with Crippen molar-refractivity contribution in [1.82, 2.24) is 0 Å². The molecule has 1 aromatic carbocycles. The Bertz CT molecular complexity index is 385. The first-order valence-electron chi connectivity index (χ1n) is 5.08. The molecule has 2 atom stereocenters. The van der Waals surface area contributed by atoms with E-state index in [0.717, 1.165) is 16.9 Å². The predicted octanol–water partition coefficient (Wildman–Crippen LogP) is 1.68. The average molecular weight is 242 g/mol. The van der Waals surface area contributed by atoms with Gasteiger partial charge in [0.2, 0.25) is 0 Å². The van der Waals surface area contributed by atoms with Gasteiger partial charge in [0.1, 0.15) is 18.5 Å². The Morgan fingerprint density at radius 3 is 2.69 bits per heavy atom. The summed E-state index contributed by atoms with van der Waals surface area (Å²) in [6.07, 6.45) is -0.250. The van der Waals surface area contributed by atoms with Crippen molar-refractivity contribution in [3.8, 4) is 5.75 Å². The number of hydrogen-bond acceptors (Lipinski definition) is 4. The van der Waals surface area contributed by atoms with Crippen LogP contribution < -0.4 is 4.74 Å². The molecular formula is C11H14O4S. The van der Waals surface area contributed by atoms with Gasteiger partial charge in [-0.2, -0.15) is 4.21 Å². The molecule has 5 heteroatoms. The molecule has 0 saturated carbocycles. The monoisotopic (exact) mass is 242 g/mol. The predicted molar refractivity (Wildman–Crippen MR) is 60.4 cm³/mol. The largest absolute Gasteiger partial charge is 0.490 e. The highest BCUT2D eigenvalue weighted by molar-refractivity contribution is 7.75. The van der Waals surface area contributed by atoms with Gasteiger partial charge in [-0.05, 0) is 25.0 Å². The first-order valence-corrected chi connectivity index (χ1v) is 6.08. The summed E-state index contributed by atoms with van der Waals surface area (Å²) < 4.78 is 26.2. The zero-order valence-electron chi connectivity index (χ0n) is 9.26. The van der Waals surface area contributed by atoms with E-state index in [1.807, 2.05) is 32.0 Å². The van der Waals surface area contributed by atoms with E-state index in [9.17, 15) is 4.21 Å². The second-order valence-corrected chi connectivity index (χ2v) is 4.58. The molecule has 1 fully saturated rings. The molecule has 1 aliphatic rings. The van der Waals surface area contributed by atoms with E-state index in [1.54, 1.807) is 0 Å². The molecule has 0 radical (unpaired) electrons. The van der Waals surface area contributed by atoms with Crippen molar-refractivity contribution in [3.05, 3.63) is 29.3 Å². The van der Waals surface area contributed by atoms with Gasteiger partial charge in [-0.3, -0.25) is 8.37 Å². The number of ether oxygens (including phenoxy) is 1. The molecule has 0 unspecified atom stereocenters. The number of para-hydroxylation sites is 1. The van der Waals surface area contributed by atoms with Gasteiger partial charge >= 0.3 is 11.4 Å². The van der Waals surface area contributed by atoms with Gasteiger partial charge in [-0.1, -0.05) is 18.2 Å². The van der Waals surface area contributed by atoms with E-state index in [0.29, 0.717) is 13.2 Å². The first kappa shape index (κ1) is 11.6. The van der Waals surface area contributed by atoms with Gasteiger partial charge in [0.15, 0.2) is 0 Å². The van der Waals surface area contributed by atoms with Gasteiger partial charge in [0.25, 0.3) is 0 Å². The van der Waals surface area contributed by atoms with Gasteiger partial charge in [-0.25, -0.2) is 0 Å². The fourth-order valence-corrected chi connectivity index (χ4v) is 2.23. The van der Waals surface area contributed by atoms with E-state index in [4.69, 9.17) is 13.1 Å². The standard InChI is InChI=1S/C11H14O4S/c1-8-4-3-5-9(2)11(8)13-6-10-7-14-16(12)15-10/h3-5,10H,6-7H2,1-2H3/t10-,16+/m1/s1. The van der Waals surface area contributed by atoms with Crippen LogP contribution in [0.2, 0.25) is 0 Å². The third kappa shape index (κ3) is 2.61. The Morgan fingerprint density at radius 1 is 1.44 bits per heavy atom. The highest BCUT2D eigenvalue weighted by Crippen LogP contribution is 2.23. The Kier molecular flexibility index (Phi) is 3.58. The Balaban J connectivity index is 1.97. The van der Waals surface area contributed by atoms with Crippen LogP contribution >= 0.6 is 0 Å². The minimum absolute atomic E-state index is 0.250. The summed E-state index contributed by atoms with van der Waals surface area (Å²) in [5.74, 6) is 0.865. The van der Waals surface area contributed by atoms with Crippen molar-refractivity contribution >= 4 is 11.4 Å². The van der Waals surface area contributed by atoms with Crippen LogP contribution in [0.1, 0.15) is 11.1 Å². The van der Waals surface area contributed by atoms with Crippen molar-refractivity contribution in [1.29, 1.82) is 0 Å². The molecule has 4 nitrogen and oxygen atoms in total. The molecule has 1 heterocycles. The SMILES string of the molecule is Cc1cccc(C)c1OC[C@@H]1CO[S@](=O)O1. The second kappa shape index (κ2) is 4.95. The normalized spacial score (nSPS) is 24.6. The number of rotatable bonds is 3. The van der Waals surface area contributed by atoms with Crippen molar-refractivity contribution < 1.29 is 17.3 Å². The Hall–Kier alpha value is -0.910. The minimum atomic E-state index is -1.60. The van der Waals surface area contributed by atoms with Crippen LogP contribution in [-0.2, 0) is 19.7 Å². The first-order chi connectivity index (χ1) is 7.66. The number of aryl methyl sites for hydroxylation is 2. The van der Waals surface area contributed by atoms with Crippen LogP contribution in [0.15, 0.2) is 18.2 Å². The summed E-state index contributed by atoms with van der Waals surface area (Å²) in [4.78, 5) is 0. The zero-order valence-corrected chi connectivity index (χ0v) is 10.1. The molecule has 0 aromatic heterocycles. The van der Waals surface area contributed by atoms with Gasteiger partial charge in [-0.15, -0.1) is 0 Å². The van der Waals surface area contributed by atoms with E-state index in [1.165, 1.54) is 0 Å². The maximum Gasteiger partial charge on any atom is 0.305 e. The molecule has 0 N–H and O–H groups in total. The van der Waals surface area contributed by atoms with E-state index in [-0.39, 0.29) is 6.10 Å². The Morgan fingerprint density at radius 2 is 2.12 bits per heavy atom. The van der Waals surface area contributed by atoms with Crippen LogP contribution in [0.5, 0.6) is 5.75 Å². The molecule has 0 spiro atoms. The highest BCUT2D eigenvalue weighted by Gasteiger charge is 2.24. The van der Waals surface area contributed by atoms with E-state index >= 15 is 0 Å². The van der Waals surface area contributed by atoms with Crippen LogP contribution in [0.3, 0.4) is 0 Å². The molecule has 0 aliphatic carbocycles. The average Bonchev–Trinajstić information content (AvgIpc) is 2.63. The van der Waals surface area contributed by atoms with Crippen molar-refractivity contribution in [2.45, 2.75) is 20.0 Å². The second-order valence-electron chi connectivity index (χ2n) is 3.74. The molecule has 16 heavy (non-hydrogen) atoms. The topological polar surface area (TPSA) is 44.8 Å². The van der Waals surface area contributed by atoms with Crippen LogP contribution in [0.25, 0.3) is 0 Å². The number of hydrogen-bond donors (Lipinski definition) is 0. The van der Waals surface area contributed by atoms with Crippen LogP contribution in [-0.4, -0.2) is 23.5 Å². The third-order valence-corrected chi connectivity index (χ3v) is 3.14. The summed E-state index contributed by atoms with van der Waals surface area (Å²) in [7, 11) is 0. The van der Waals surface area contributed by atoms with Gasteiger partial charge in [0, 0.05) is 0 Å². The molecule has 88 valence electrons. The summed E-state index contributed by atoms with van der Waals surface area (Å²) in [6.45, 7) is 4.66. The lowest BCUT2D eigenvalue weighted by atomic mass is 10.1. The summed E-state index contributed by atoms with van der Waals surface area (Å²) in [5, 5.41) is 0. The van der Waals surface area contributed by atoms with E-state index < -0.39 is 11.4 Å². The van der Waals surface area contributed by atoms with Gasteiger partial charge in [0.05, 0.1) is 6.61 Å². The molecular weight excluding hydrogens is 228 g/mol. The lowest BCUT2D eigenvalue weighted by Gasteiger charge is -2.13. The molecule has 1 saturated heterocycles. The molecule has 1 aliphatic heterocycles. The van der Waals surface area contributed by atoms with Crippen molar-refractivity contribution in [3.63, 3.8) is 0 Å². The maximum absolute atomic E-state index is 10.8. The summed E-state index contributed by atoms with van der Waals surface area (Å²) >= 11 is -1.60. The zero-order chi connectivity index (χ0) is 11.5. The van der Waals surface area contributed by atoms with Crippen molar-refractivity contribution in [2.75, 3.05) is 13.2 Å². The fraction of sp³-hybridized carbons (Fsp3) is 0.455. The summed E-state index contributed by atoms with van der Waals surface area (Å²) in [6, 6.07) is 5.97. The quantitative estimate of drug-likeness (QED) is 0.809. The van der Waals surface area contributed by atoms with Crippen molar-refractivity contribution in [2.24, 2.45) is 0 Å². The highest BCUT2D eigenvalue weighted by atomic mass is 32.2. The summed E-state index contributed by atoms with van der Waals surface area (Å²) in [5.41, 5.74) is 2.17. The van der Waals surface area contributed by atoms with Crippen LogP contribution in [0, 0.1) is 13.8 Å². The molecule has 0 amide bonds. The lowest BCUT2D eigenvalue weighted by Crippen LogP contribution is -2.20. The Labute approximate surface area is 97.4 Å². The lowest BCUT2D eigenvalue weighted by molar-refractivity contribution is 0.150. The smallest absolute Gasteiger partial charge is 0.305 e. The molecule has 1 aromatic rings. The molecule has 0 bridgehead atoms. The van der Waals surface area contributed by atoms with E-state index in [2.05, 4.69) is 0 Å². The minimum Gasteiger partial charge on any atom is -0.490 e. The molecule has 2 rings (SSSR count).